The monoisotopic (exact) mass is 366 g/mol. The number of thiol groups is 2. The Kier molecular flexibility index (Phi) is 5.18. The van der Waals surface area contributed by atoms with Crippen molar-refractivity contribution in [2.75, 3.05) is 0 Å². The van der Waals surface area contributed by atoms with E-state index in [-0.39, 0.29) is 0 Å². The Morgan fingerprint density at radius 2 is 1.05 bits per heavy atom. The van der Waals surface area contributed by atoms with Crippen LogP contribution in [0.5, 0.6) is 0 Å². The van der Waals surface area contributed by atoms with Gasteiger partial charge in [-0.1, -0.05) is 57.2 Å². The van der Waals surface area contributed by atoms with Crippen LogP contribution in [0, 0.1) is 0 Å². The van der Waals surface area contributed by atoms with E-state index in [2.05, 4.69) is 33.5 Å². The van der Waals surface area contributed by atoms with Crippen LogP contribution < -0.4 is 0 Å². The van der Waals surface area contributed by atoms with E-state index in [1.54, 1.807) is 11.3 Å². The van der Waals surface area contributed by atoms with E-state index in [9.17, 15) is 0 Å². The molecule has 1 aromatic heterocycles. The minimum atomic E-state index is 0.924. The van der Waals surface area contributed by atoms with Crippen molar-refractivity contribution in [1.29, 1.82) is 0 Å². The van der Waals surface area contributed by atoms with Crippen molar-refractivity contribution in [3.8, 4) is 21.1 Å². The molecule has 0 radical (unpaired) electrons. The highest BCUT2D eigenvalue weighted by Crippen LogP contribution is 2.32. The number of hydrogen-bond donors (Lipinski definition) is 2. The number of nitrogens with zero attached hydrogens (tertiary/aromatic N) is 2. The van der Waals surface area contributed by atoms with Gasteiger partial charge in [-0.3, -0.25) is 0 Å². The van der Waals surface area contributed by atoms with Gasteiger partial charge in [0.1, 0.15) is 10.0 Å². The molecule has 0 saturated heterocycles. The van der Waals surface area contributed by atoms with Crippen LogP contribution in [0.15, 0.2) is 58.3 Å². The van der Waals surface area contributed by atoms with Gasteiger partial charge in [0.25, 0.3) is 0 Å². The molecule has 0 aliphatic carbocycles. The van der Waals surface area contributed by atoms with Crippen molar-refractivity contribution in [3.05, 3.63) is 48.5 Å². The third-order valence-corrected chi connectivity index (χ3v) is 6.09. The molecule has 0 amide bonds. The molecule has 0 unspecified atom stereocenters. The van der Waals surface area contributed by atoms with Crippen LogP contribution in [0.1, 0.15) is 0 Å². The van der Waals surface area contributed by atoms with E-state index in [4.69, 9.17) is 0 Å². The van der Waals surface area contributed by atoms with Crippen molar-refractivity contribution in [2.24, 2.45) is 0 Å². The van der Waals surface area contributed by atoms with Gasteiger partial charge in [0, 0.05) is 20.9 Å². The van der Waals surface area contributed by atoms with Gasteiger partial charge in [0.2, 0.25) is 0 Å². The number of aromatic nitrogens is 2. The maximum atomic E-state index is 4.28. The summed E-state index contributed by atoms with van der Waals surface area (Å²) < 4.78 is 0. The van der Waals surface area contributed by atoms with E-state index in [1.807, 2.05) is 48.5 Å². The van der Waals surface area contributed by atoms with Crippen molar-refractivity contribution >= 4 is 56.2 Å². The average molecular weight is 367 g/mol. The van der Waals surface area contributed by atoms with Crippen LogP contribution in [-0.2, 0) is 0 Å². The van der Waals surface area contributed by atoms with E-state index in [1.165, 1.54) is 21.6 Å². The van der Waals surface area contributed by atoms with Crippen LogP contribution in [0.25, 0.3) is 21.1 Å². The first kappa shape index (κ1) is 15.3. The van der Waals surface area contributed by atoms with E-state index in [0.717, 1.165) is 30.9 Å². The number of benzene rings is 2. The quantitative estimate of drug-likeness (QED) is 0.454. The summed E-state index contributed by atoms with van der Waals surface area (Å²) in [7, 11) is 2.86. The van der Waals surface area contributed by atoms with Crippen molar-refractivity contribution in [3.63, 3.8) is 0 Å². The molecule has 0 spiro atoms. The third-order valence-electron chi connectivity index (χ3n) is 2.84. The van der Waals surface area contributed by atoms with E-state index in [0.29, 0.717) is 0 Å². The highest BCUT2D eigenvalue weighted by molar-refractivity contribution is 8.68. The van der Waals surface area contributed by atoms with Gasteiger partial charge in [-0.2, -0.15) is 0 Å². The second kappa shape index (κ2) is 7.11. The molecular formula is C14H10N2S5. The minimum absolute atomic E-state index is 0.924. The predicted molar refractivity (Wildman–Crippen MR) is 100 cm³/mol. The molecule has 106 valence electrons. The molecule has 0 saturated carbocycles. The lowest BCUT2D eigenvalue weighted by Gasteiger charge is -1.98. The molecule has 21 heavy (non-hydrogen) atoms. The van der Waals surface area contributed by atoms with Gasteiger partial charge in [-0.25, -0.2) is 0 Å². The fourth-order valence-electron chi connectivity index (χ4n) is 1.77. The van der Waals surface area contributed by atoms with Gasteiger partial charge in [-0.05, 0) is 24.3 Å². The van der Waals surface area contributed by atoms with Crippen LogP contribution in [0.3, 0.4) is 0 Å². The van der Waals surface area contributed by atoms with Crippen LogP contribution in [0.2, 0.25) is 0 Å². The van der Waals surface area contributed by atoms with Crippen molar-refractivity contribution in [1.82, 2.24) is 10.2 Å². The molecule has 1 heterocycles. The zero-order chi connectivity index (χ0) is 14.7. The molecule has 7 heteroatoms. The lowest BCUT2D eigenvalue weighted by molar-refractivity contribution is 1.10. The van der Waals surface area contributed by atoms with E-state index < -0.39 is 0 Å². The molecule has 0 bridgehead atoms. The molecular weight excluding hydrogens is 357 g/mol. The van der Waals surface area contributed by atoms with E-state index >= 15 is 0 Å². The second-order valence-corrected chi connectivity index (χ2v) is 7.52. The standard InChI is InChI=1S/C14H10N2S5/c17-20-11-5-1-9(2-6-11)13-15-16-14(19-13)10-3-7-12(21-18)8-4-10/h1-8,17-18H. The summed E-state index contributed by atoms with van der Waals surface area (Å²) >= 11 is 9.96. The average Bonchev–Trinajstić information content (AvgIpc) is 3.05. The number of rotatable bonds is 4. The van der Waals surface area contributed by atoms with Crippen LogP contribution in [-0.4, -0.2) is 10.2 Å². The van der Waals surface area contributed by atoms with Gasteiger partial charge < -0.3 is 0 Å². The zero-order valence-electron chi connectivity index (χ0n) is 10.6. The summed E-state index contributed by atoms with van der Waals surface area (Å²) in [5.74, 6) is 0. The summed E-state index contributed by atoms with van der Waals surface area (Å²) in [5, 5.41) is 10.4. The maximum absolute atomic E-state index is 4.28. The molecule has 3 rings (SSSR count). The Bertz CT molecular complexity index is 660. The fourth-order valence-corrected chi connectivity index (χ4v) is 3.87. The second-order valence-electron chi connectivity index (χ2n) is 4.14. The third kappa shape index (κ3) is 3.60. The zero-order valence-corrected chi connectivity index (χ0v) is 14.9. The lowest BCUT2D eigenvalue weighted by Crippen LogP contribution is -1.77. The minimum Gasteiger partial charge on any atom is -0.138 e. The molecule has 0 aliphatic rings. The normalized spacial score (nSPS) is 10.8. The molecule has 0 atom stereocenters. The Labute approximate surface area is 145 Å². The topological polar surface area (TPSA) is 25.8 Å². The Morgan fingerprint density at radius 3 is 1.38 bits per heavy atom. The van der Waals surface area contributed by atoms with Crippen LogP contribution >= 0.6 is 56.2 Å². The summed E-state index contributed by atoms with van der Waals surface area (Å²) in [4.78, 5) is 2.23. The first-order valence-electron chi connectivity index (χ1n) is 5.97. The SMILES string of the molecule is SSc1ccc(-c2nnc(-c3ccc(SS)cc3)s2)cc1. The summed E-state index contributed by atoms with van der Waals surface area (Å²) in [6, 6.07) is 16.3. The van der Waals surface area contributed by atoms with Gasteiger partial charge in [0.15, 0.2) is 0 Å². The van der Waals surface area contributed by atoms with Gasteiger partial charge in [0.05, 0.1) is 0 Å². The molecule has 2 nitrogen and oxygen atoms in total. The first-order valence-corrected chi connectivity index (χ1v) is 10.5. The van der Waals surface area contributed by atoms with Crippen molar-refractivity contribution < 1.29 is 0 Å². The van der Waals surface area contributed by atoms with Crippen LogP contribution in [0.4, 0.5) is 0 Å². The smallest absolute Gasteiger partial charge is 0.138 e. The predicted octanol–water partition coefficient (Wildman–Crippen LogP) is 5.75. The highest BCUT2D eigenvalue weighted by atomic mass is 33.1. The van der Waals surface area contributed by atoms with Gasteiger partial charge >= 0.3 is 0 Å². The van der Waals surface area contributed by atoms with Crippen molar-refractivity contribution in [2.45, 2.75) is 9.79 Å². The van der Waals surface area contributed by atoms with Gasteiger partial charge in [-0.15, -0.1) is 33.5 Å². The Hall–Kier alpha value is -0.600. The molecule has 0 N–H and O–H groups in total. The molecule has 0 fully saturated rings. The molecule has 2 aromatic carbocycles. The molecule has 0 aliphatic heterocycles. The summed E-state index contributed by atoms with van der Waals surface area (Å²) in [6.07, 6.45) is 0. The fraction of sp³-hybridized carbons (Fsp3) is 0. The highest BCUT2D eigenvalue weighted by Gasteiger charge is 2.08. The number of hydrogen-bond acceptors (Lipinski definition) is 7. The summed E-state index contributed by atoms with van der Waals surface area (Å²) in [5.41, 5.74) is 2.15. The Morgan fingerprint density at radius 1 is 0.667 bits per heavy atom. The lowest BCUT2D eigenvalue weighted by atomic mass is 10.2. The molecule has 3 aromatic rings. The maximum Gasteiger partial charge on any atom is 0.148 e. The summed E-state index contributed by atoms with van der Waals surface area (Å²) in [6.45, 7) is 0. The first-order chi connectivity index (χ1) is 10.3. The largest absolute Gasteiger partial charge is 0.148 e. The Balaban J connectivity index is 1.87.